The highest BCUT2D eigenvalue weighted by atomic mass is 127. The second-order valence-corrected chi connectivity index (χ2v) is 12.9. The van der Waals surface area contributed by atoms with Crippen molar-refractivity contribution in [3.05, 3.63) is 29.8 Å². The van der Waals surface area contributed by atoms with Crippen LogP contribution >= 0.6 is 22.6 Å². The van der Waals surface area contributed by atoms with Gasteiger partial charge < -0.3 is 4.43 Å². The molecule has 0 spiro atoms. The molecule has 4 nitrogen and oxygen atoms in total. The van der Waals surface area contributed by atoms with Crippen molar-refractivity contribution in [3.63, 3.8) is 0 Å². The molecule has 1 N–H and O–H groups in total. The van der Waals surface area contributed by atoms with Crippen LogP contribution in [0.15, 0.2) is 24.3 Å². The quantitative estimate of drug-likeness (QED) is 0.338. The molecule has 1 aromatic rings. The van der Waals surface area contributed by atoms with Gasteiger partial charge in [-0.1, -0.05) is 55.5 Å². The number of benzene rings is 1. The van der Waals surface area contributed by atoms with Gasteiger partial charge in [-0.2, -0.15) is 0 Å². The van der Waals surface area contributed by atoms with Gasteiger partial charge in [0.25, 0.3) is 0 Å². The Bertz CT molecular complexity index is 568. The summed E-state index contributed by atoms with van der Waals surface area (Å²) in [6.45, 7) is 6.64. The van der Waals surface area contributed by atoms with Gasteiger partial charge in [-0.3, -0.25) is 4.72 Å². The zero-order valence-corrected chi connectivity index (χ0v) is 17.7. The van der Waals surface area contributed by atoms with E-state index in [0.29, 0.717) is 5.69 Å². The van der Waals surface area contributed by atoms with Gasteiger partial charge in [0.1, 0.15) is 0 Å². The number of rotatable bonds is 9. The third kappa shape index (κ3) is 5.82. The third-order valence-corrected chi connectivity index (χ3v) is 10.1. The molecule has 0 aliphatic rings. The van der Waals surface area contributed by atoms with Crippen LogP contribution in [0.1, 0.15) is 32.4 Å². The molecule has 0 aliphatic heterocycles. The Morgan fingerprint density at radius 1 is 1.23 bits per heavy atom. The molecular weight excluding hydrogens is 429 g/mol. The molecule has 22 heavy (non-hydrogen) atoms. The maximum Gasteiger partial charge on any atom is 0.229 e. The molecule has 0 saturated carbocycles. The van der Waals surface area contributed by atoms with Crippen LogP contribution in [-0.4, -0.2) is 27.4 Å². The summed E-state index contributed by atoms with van der Waals surface area (Å²) in [6.07, 6.45) is 1.18. The molecule has 0 fully saturated rings. The lowest BCUT2D eigenvalue weighted by atomic mass is 10.1. The van der Waals surface area contributed by atoms with Gasteiger partial charge in [0.05, 0.1) is 12.4 Å². The largest absolute Gasteiger partial charge is 0.409 e. The van der Waals surface area contributed by atoms with E-state index < -0.39 is 18.3 Å². The molecule has 0 aliphatic carbocycles. The average molecular weight is 455 g/mol. The molecule has 126 valence electrons. The average Bonchev–Trinajstić information content (AvgIpc) is 2.48. The predicted octanol–water partition coefficient (Wildman–Crippen LogP) is 4.56. The molecule has 0 heterocycles. The minimum Gasteiger partial charge on any atom is -0.409 e. The number of hydrogen-bond acceptors (Lipinski definition) is 3. The Balaban J connectivity index is 3.02. The van der Waals surface area contributed by atoms with Gasteiger partial charge in [0.15, 0.2) is 8.32 Å². The van der Waals surface area contributed by atoms with E-state index in [-0.39, 0.29) is 6.10 Å². The van der Waals surface area contributed by atoms with Crippen LogP contribution in [0.4, 0.5) is 5.69 Å². The van der Waals surface area contributed by atoms with E-state index in [1.54, 1.807) is 6.07 Å². The van der Waals surface area contributed by atoms with E-state index in [2.05, 4.69) is 48.1 Å². The first kappa shape index (κ1) is 19.9. The van der Waals surface area contributed by atoms with Crippen LogP contribution in [-0.2, 0) is 14.4 Å². The molecule has 0 aromatic heterocycles. The number of hydrogen-bond donors (Lipinski definition) is 1. The third-order valence-electron chi connectivity index (χ3n) is 4.03. The van der Waals surface area contributed by atoms with Crippen LogP contribution in [0.3, 0.4) is 0 Å². The fourth-order valence-corrected chi connectivity index (χ4v) is 6.91. The van der Waals surface area contributed by atoms with Gasteiger partial charge in [0, 0.05) is 10.1 Å². The first-order valence-electron chi connectivity index (χ1n) is 7.60. The van der Waals surface area contributed by atoms with Gasteiger partial charge in [-0.15, -0.1) is 0 Å². The molecule has 0 saturated heterocycles. The highest BCUT2D eigenvalue weighted by Crippen LogP contribution is 2.32. The van der Waals surface area contributed by atoms with Crippen molar-refractivity contribution in [1.29, 1.82) is 0 Å². The molecule has 1 rings (SSSR count). The maximum atomic E-state index is 11.4. The summed E-state index contributed by atoms with van der Waals surface area (Å²) >= 11 is 2.34. The van der Waals surface area contributed by atoms with E-state index in [0.717, 1.165) is 34.4 Å². The zero-order valence-electron chi connectivity index (χ0n) is 13.7. The van der Waals surface area contributed by atoms with E-state index in [1.807, 2.05) is 18.2 Å². The molecule has 0 radical (unpaired) electrons. The minimum atomic E-state index is -3.26. The van der Waals surface area contributed by atoms with E-state index in [1.165, 1.54) is 0 Å². The Morgan fingerprint density at radius 2 is 1.82 bits per heavy atom. The lowest BCUT2D eigenvalue weighted by Crippen LogP contribution is -2.37. The highest BCUT2D eigenvalue weighted by molar-refractivity contribution is 14.1. The predicted molar refractivity (Wildman–Crippen MR) is 105 cm³/mol. The number of anilines is 1. The Hall–Kier alpha value is -0.123. The summed E-state index contributed by atoms with van der Waals surface area (Å²) in [5.41, 5.74) is 1.63. The van der Waals surface area contributed by atoms with Gasteiger partial charge in [-0.25, -0.2) is 8.42 Å². The zero-order chi connectivity index (χ0) is 16.8. The van der Waals surface area contributed by atoms with Crippen LogP contribution in [0.5, 0.6) is 0 Å². The van der Waals surface area contributed by atoms with Crippen molar-refractivity contribution >= 4 is 46.6 Å². The highest BCUT2D eigenvalue weighted by Gasteiger charge is 2.32. The first-order valence-corrected chi connectivity index (χ1v) is 13.5. The smallest absolute Gasteiger partial charge is 0.229 e. The Morgan fingerprint density at radius 3 is 2.27 bits per heavy atom. The van der Waals surface area contributed by atoms with E-state index >= 15 is 0 Å². The maximum absolute atomic E-state index is 11.4. The van der Waals surface area contributed by atoms with Crippen LogP contribution in [0.2, 0.25) is 18.1 Å². The molecule has 0 bridgehead atoms. The summed E-state index contributed by atoms with van der Waals surface area (Å²) in [5, 5.41) is 0. The summed E-state index contributed by atoms with van der Waals surface area (Å²) in [6, 6.07) is 10.8. The molecule has 7 heteroatoms. The van der Waals surface area contributed by atoms with Gasteiger partial charge >= 0.3 is 0 Å². The van der Waals surface area contributed by atoms with Crippen molar-refractivity contribution in [2.45, 2.75) is 45.0 Å². The SMILES string of the molecule is CC[Si](CC)(CC)O[C@@H](CI)c1cccc(NS(C)(=O)=O)c1. The Kier molecular flexibility index (Phi) is 7.83. The monoisotopic (exact) mass is 455 g/mol. The van der Waals surface area contributed by atoms with Gasteiger partial charge in [-0.05, 0) is 35.8 Å². The number of sulfonamides is 1. The van der Waals surface area contributed by atoms with Crippen molar-refractivity contribution in [2.75, 3.05) is 15.4 Å². The number of nitrogens with one attached hydrogen (secondary N) is 1. The molecule has 1 atom stereocenters. The standard InChI is InChI=1S/C15H26INO3SSi/c1-5-22(6-2,7-3)20-15(12-16)13-9-8-10-14(11-13)17-21(4,18)19/h8-11,15,17H,5-7,12H2,1-4H3/t15-/m0/s1. The van der Waals surface area contributed by atoms with E-state index in [9.17, 15) is 8.42 Å². The summed E-state index contributed by atoms with van der Waals surface area (Å²) < 4.78 is 32.7. The topological polar surface area (TPSA) is 55.4 Å². The molecule has 0 amide bonds. The summed E-state index contributed by atoms with van der Waals surface area (Å²) in [4.78, 5) is 0. The van der Waals surface area contributed by atoms with Crippen molar-refractivity contribution < 1.29 is 12.8 Å². The van der Waals surface area contributed by atoms with Crippen molar-refractivity contribution in [1.82, 2.24) is 0 Å². The molecule has 0 unspecified atom stereocenters. The van der Waals surface area contributed by atoms with Crippen molar-refractivity contribution in [2.24, 2.45) is 0 Å². The van der Waals surface area contributed by atoms with Crippen LogP contribution < -0.4 is 4.72 Å². The first-order chi connectivity index (χ1) is 10.3. The molecule has 1 aromatic carbocycles. The second-order valence-electron chi connectivity index (χ2n) is 5.50. The normalized spacial score (nSPS) is 13.9. The van der Waals surface area contributed by atoms with Crippen LogP contribution in [0, 0.1) is 0 Å². The minimum absolute atomic E-state index is 0.0217. The van der Waals surface area contributed by atoms with Crippen LogP contribution in [0.25, 0.3) is 0 Å². The lowest BCUT2D eigenvalue weighted by molar-refractivity contribution is 0.217. The summed E-state index contributed by atoms with van der Waals surface area (Å²) in [7, 11) is -4.95. The fourth-order valence-electron chi connectivity index (χ4n) is 2.51. The molecular formula is C15H26INO3SSi. The Labute approximate surface area is 149 Å². The lowest BCUT2D eigenvalue weighted by Gasteiger charge is -2.33. The van der Waals surface area contributed by atoms with Gasteiger partial charge in [0.2, 0.25) is 10.0 Å². The summed E-state index contributed by atoms with van der Waals surface area (Å²) in [5.74, 6) is 0. The number of alkyl halides is 1. The fraction of sp³-hybridized carbons (Fsp3) is 0.600. The number of halogens is 1. The van der Waals surface area contributed by atoms with E-state index in [4.69, 9.17) is 4.43 Å². The van der Waals surface area contributed by atoms with Crippen molar-refractivity contribution in [3.8, 4) is 0 Å². The second kappa shape index (κ2) is 8.65.